The number of aromatic carboxylic acids is 2. The van der Waals surface area contributed by atoms with Gasteiger partial charge in [-0.1, -0.05) is 60.7 Å². The van der Waals surface area contributed by atoms with E-state index in [2.05, 4.69) is 0 Å². The quantitative estimate of drug-likeness (QED) is 0.652. The molecule has 0 unspecified atom stereocenters. The Hall–Kier alpha value is -3.17. The van der Waals surface area contributed by atoms with E-state index in [9.17, 15) is 19.8 Å². The monoisotopic (exact) mass is 366 g/mol. The summed E-state index contributed by atoms with van der Waals surface area (Å²) in [6, 6.07) is 22.7. The topological polar surface area (TPSA) is 83.8 Å². The molecule has 0 aromatic heterocycles. The lowest BCUT2D eigenvalue weighted by Crippen LogP contribution is -2.16. The molecule has 3 aromatic carbocycles. The van der Waals surface area contributed by atoms with E-state index in [0.717, 1.165) is 10.6 Å². The van der Waals surface area contributed by atoms with Crippen molar-refractivity contribution in [2.45, 2.75) is 0 Å². The van der Waals surface area contributed by atoms with Gasteiger partial charge < -0.3 is 14.7 Å². The third-order valence-electron chi connectivity index (χ3n) is 3.63. The lowest BCUT2D eigenvalue weighted by molar-refractivity contribution is 0.0679. The predicted molar refractivity (Wildman–Crippen MR) is 100 cm³/mol. The lowest BCUT2D eigenvalue weighted by Gasteiger charge is -2.20. The highest BCUT2D eigenvalue weighted by Gasteiger charge is 2.21. The lowest BCUT2D eigenvalue weighted by atomic mass is 10.1. The second kappa shape index (κ2) is 7.81. The van der Waals surface area contributed by atoms with E-state index in [4.69, 9.17) is 4.52 Å². The highest BCUT2D eigenvalue weighted by atomic mass is 31.1. The average Bonchev–Trinajstić information content (AvgIpc) is 2.67. The maximum absolute atomic E-state index is 11.5. The van der Waals surface area contributed by atoms with Gasteiger partial charge in [-0.3, -0.25) is 0 Å². The SMILES string of the molecule is O=C(O)c1ccc(C(=O)O)c(OP(c2ccccc2)c2ccccc2)c1. The van der Waals surface area contributed by atoms with Crippen molar-refractivity contribution >= 4 is 30.7 Å². The van der Waals surface area contributed by atoms with Gasteiger partial charge in [0.05, 0.1) is 5.56 Å². The summed E-state index contributed by atoms with van der Waals surface area (Å²) in [7, 11) is -1.36. The molecule has 0 bridgehead atoms. The van der Waals surface area contributed by atoms with Crippen LogP contribution >= 0.6 is 8.15 Å². The van der Waals surface area contributed by atoms with Crippen molar-refractivity contribution < 1.29 is 24.3 Å². The molecule has 0 saturated heterocycles. The van der Waals surface area contributed by atoms with Crippen LogP contribution in [0.4, 0.5) is 0 Å². The Morgan fingerprint density at radius 1 is 0.731 bits per heavy atom. The molecule has 0 aliphatic heterocycles. The number of hydrogen-bond acceptors (Lipinski definition) is 3. The molecule has 26 heavy (non-hydrogen) atoms. The van der Waals surface area contributed by atoms with Crippen LogP contribution in [0.5, 0.6) is 5.75 Å². The number of rotatable bonds is 6. The van der Waals surface area contributed by atoms with Gasteiger partial charge in [-0.2, -0.15) is 0 Å². The Morgan fingerprint density at radius 2 is 1.27 bits per heavy atom. The van der Waals surface area contributed by atoms with Crippen molar-refractivity contribution in [2.75, 3.05) is 0 Å². The predicted octanol–water partition coefficient (Wildman–Crippen LogP) is 3.51. The van der Waals surface area contributed by atoms with Crippen molar-refractivity contribution in [2.24, 2.45) is 0 Å². The van der Waals surface area contributed by atoms with E-state index in [1.807, 2.05) is 60.7 Å². The van der Waals surface area contributed by atoms with Gasteiger partial charge in [0.25, 0.3) is 0 Å². The van der Waals surface area contributed by atoms with Crippen LogP contribution in [0.25, 0.3) is 0 Å². The van der Waals surface area contributed by atoms with Gasteiger partial charge in [-0.25, -0.2) is 9.59 Å². The highest BCUT2D eigenvalue weighted by molar-refractivity contribution is 7.68. The first-order valence-corrected chi connectivity index (χ1v) is 9.01. The molecule has 0 aliphatic rings. The molecule has 0 atom stereocenters. The second-order valence-corrected chi connectivity index (χ2v) is 7.18. The van der Waals surface area contributed by atoms with E-state index >= 15 is 0 Å². The van der Waals surface area contributed by atoms with Crippen LogP contribution < -0.4 is 15.1 Å². The van der Waals surface area contributed by atoms with Gasteiger partial charge in [0.2, 0.25) is 0 Å². The molecular formula is C20H15O5P. The zero-order chi connectivity index (χ0) is 18.5. The Morgan fingerprint density at radius 3 is 1.73 bits per heavy atom. The molecule has 130 valence electrons. The molecular weight excluding hydrogens is 351 g/mol. The van der Waals surface area contributed by atoms with Gasteiger partial charge in [0, 0.05) is 10.6 Å². The fourth-order valence-corrected chi connectivity index (χ4v) is 4.13. The van der Waals surface area contributed by atoms with Crippen LogP contribution in [0, 0.1) is 0 Å². The third kappa shape index (κ3) is 3.90. The summed E-state index contributed by atoms with van der Waals surface area (Å²) in [4.78, 5) is 22.8. The van der Waals surface area contributed by atoms with Crippen molar-refractivity contribution in [1.29, 1.82) is 0 Å². The molecule has 6 heteroatoms. The molecule has 0 amide bonds. The molecule has 5 nitrogen and oxygen atoms in total. The van der Waals surface area contributed by atoms with Crippen LogP contribution in [0.3, 0.4) is 0 Å². The van der Waals surface area contributed by atoms with Crippen LogP contribution in [0.15, 0.2) is 78.9 Å². The number of carboxylic acid groups (broad SMARTS) is 2. The highest BCUT2D eigenvalue weighted by Crippen LogP contribution is 2.38. The minimum atomic E-state index is -1.36. The van der Waals surface area contributed by atoms with Crippen molar-refractivity contribution in [1.82, 2.24) is 0 Å². The maximum Gasteiger partial charge on any atom is 0.339 e. The average molecular weight is 366 g/mol. The summed E-state index contributed by atoms with van der Waals surface area (Å²) in [5.41, 5.74) is -0.101. The molecule has 3 aromatic rings. The Balaban J connectivity index is 2.08. The summed E-state index contributed by atoms with van der Waals surface area (Å²) in [6.07, 6.45) is 0. The van der Waals surface area contributed by atoms with Crippen molar-refractivity contribution in [3.8, 4) is 5.75 Å². The number of carbonyl (C=O) groups is 2. The van der Waals surface area contributed by atoms with E-state index in [1.165, 1.54) is 18.2 Å². The molecule has 0 aliphatic carbocycles. The molecule has 0 heterocycles. The Kier molecular flexibility index (Phi) is 5.30. The minimum Gasteiger partial charge on any atom is -0.478 e. The summed E-state index contributed by atoms with van der Waals surface area (Å²) < 4.78 is 6.09. The zero-order valence-electron chi connectivity index (χ0n) is 13.6. The zero-order valence-corrected chi connectivity index (χ0v) is 14.5. The van der Waals surface area contributed by atoms with E-state index in [-0.39, 0.29) is 16.9 Å². The minimum absolute atomic E-state index is 0.0268. The maximum atomic E-state index is 11.5. The van der Waals surface area contributed by atoms with Crippen LogP contribution in [0.1, 0.15) is 20.7 Å². The third-order valence-corrected chi connectivity index (χ3v) is 5.54. The number of carboxylic acids is 2. The number of benzene rings is 3. The molecule has 0 fully saturated rings. The molecule has 0 saturated carbocycles. The fourth-order valence-electron chi connectivity index (χ4n) is 2.39. The first-order valence-electron chi connectivity index (χ1n) is 7.75. The van der Waals surface area contributed by atoms with Crippen molar-refractivity contribution in [3.63, 3.8) is 0 Å². The van der Waals surface area contributed by atoms with Gasteiger partial charge in [-0.15, -0.1) is 0 Å². The summed E-state index contributed by atoms with van der Waals surface area (Å²) in [6.45, 7) is 0. The Labute approximate surface area is 151 Å². The van der Waals surface area contributed by atoms with E-state index < -0.39 is 20.1 Å². The first-order chi connectivity index (χ1) is 12.6. The summed E-state index contributed by atoms with van der Waals surface area (Å²) in [5, 5.41) is 20.4. The molecule has 0 radical (unpaired) electrons. The molecule has 0 spiro atoms. The molecule has 2 N–H and O–H groups in total. The Bertz CT molecular complexity index is 886. The largest absolute Gasteiger partial charge is 0.478 e. The van der Waals surface area contributed by atoms with E-state index in [0.29, 0.717) is 0 Å². The van der Waals surface area contributed by atoms with Gasteiger partial charge in [-0.05, 0) is 18.2 Å². The smallest absolute Gasteiger partial charge is 0.339 e. The van der Waals surface area contributed by atoms with Crippen LogP contribution in [-0.2, 0) is 0 Å². The van der Waals surface area contributed by atoms with Gasteiger partial charge >= 0.3 is 11.9 Å². The summed E-state index contributed by atoms with van der Waals surface area (Å²) >= 11 is 0. The second-order valence-electron chi connectivity index (χ2n) is 5.38. The normalized spacial score (nSPS) is 10.5. The van der Waals surface area contributed by atoms with Crippen molar-refractivity contribution in [3.05, 3.63) is 90.0 Å². The fraction of sp³-hybridized carbons (Fsp3) is 0. The van der Waals surface area contributed by atoms with Gasteiger partial charge in [0.15, 0.2) is 8.15 Å². The van der Waals surface area contributed by atoms with Crippen LogP contribution in [0.2, 0.25) is 0 Å². The first kappa shape index (κ1) is 17.6. The van der Waals surface area contributed by atoms with E-state index in [1.54, 1.807) is 0 Å². The summed E-state index contributed by atoms with van der Waals surface area (Å²) in [5.74, 6) is -2.28. The van der Waals surface area contributed by atoms with Crippen LogP contribution in [-0.4, -0.2) is 22.2 Å². The molecule has 3 rings (SSSR count). The number of hydrogen-bond donors (Lipinski definition) is 2. The standard InChI is InChI=1S/C20H15O5P/c21-19(22)14-11-12-17(20(23)24)18(13-14)25-26(15-7-3-1-4-8-15)16-9-5-2-6-10-16/h1-13H,(H,21,22)(H,23,24). The van der Waals surface area contributed by atoms with Gasteiger partial charge in [0.1, 0.15) is 11.3 Å².